The highest BCUT2D eigenvalue weighted by Gasteiger charge is 2.10. The molecule has 0 spiro atoms. The number of anilines is 1. The van der Waals surface area contributed by atoms with Gasteiger partial charge in [0.1, 0.15) is 11.6 Å². The van der Waals surface area contributed by atoms with Crippen LogP contribution in [0.15, 0.2) is 46.9 Å². The van der Waals surface area contributed by atoms with Gasteiger partial charge in [0.2, 0.25) is 0 Å². The van der Waals surface area contributed by atoms with Gasteiger partial charge < -0.3 is 14.8 Å². The van der Waals surface area contributed by atoms with Crippen molar-refractivity contribution in [2.24, 2.45) is 0 Å². The summed E-state index contributed by atoms with van der Waals surface area (Å²) in [6.45, 7) is -0.828. The molecule has 0 saturated heterocycles. The van der Waals surface area contributed by atoms with E-state index in [-0.39, 0.29) is 6.61 Å². The fourth-order valence-electron chi connectivity index (χ4n) is 1.65. The third kappa shape index (κ3) is 5.82. The molecule has 0 aliphatic carbocycles. The number of halogens is 3. The number of amides is 1. The number of benzene rings is 2. The molecule has 2 aromatic rings. The van der Waals surface area contributed by atoms with Gasteiger partial charge in [-0.3, -0.25) is 4.79 Å². The van der Waals surface area contributed by atoms with Gasteiger partial charge in [0.05, 0.1) is 4.47 Å². The molecular weight excluding hydrogens is 405 g/mol. The summed E-state index contributed by atoms with van der Waals surface area (Å²) in [6, 6.07) is 10.0. The molecule has 24 heavy (non-hydrogen) atoms. The quantitative estimate of drug-likeness (QED) is 0.728. The number of hydrogen-bond donors (Lipinski definition) is 1. The summed E-state index contributed by atoms with van der Waals surface area (Å²) >= 11 is 9.05. The van der Waals surface area contributed by atoms with Crippen molar-refractivity contribution in [3.63, 3.8) is 0 Å². The number of carbonyl (C=O) groups is 2. The Bertz CT molecular complexity index is 739. The molecule has 0 unspecified atom stereocenters. The summed E-state index contributed by atoms with van der Waals surface area (Å²) in [6.07, 6.45) is 0. The largest absolute Gasteiger partial charge is 0.481 e. The van der Waals surface area contributed by atoms with Crippen LogP contribution in [0.4, 0.5) is 10.1 Å². The van der Waals surface area contributed by atoms with E-state index in [4.69, 9.17) is 21.1 Å². The Morgan fingerprint density at radius 2 is 1.83 bits per heavy atom. The Hall–Kier alpha value is -2.12. The van der Waals surface area contributed by atoms with Crippen LogP contribution in [-0.4, -0.2) is 25.1 Å². The Kier molecular flexibility index (Phi) is 6.57. The predicted molar refractivity (Wildman–Crippen MR) is 90.6 cm³/mol. The maximum Gasteiger partial charge on any atom is 0.344 e. The maximum absolute atomic E-state index is 12.7. The van der Waals surface area contributed by atoms with Crippen LogP contribution in [0.25, 0.3) is 0 Å². The molecule has 0 aliphatic rings. The first-order valence-electron chi connectivity index (χ1n) is 6.73. The van der Waals surface area contributed by atoms with Crippen molar-refractivity contribution in [1.29, 1.82) is 0 Å². The molecule has 5 nitrogen and oxygen atoms in total. The van der Waals surface area contributed by atoms with Gasteiger partial charge in [0.15, 0.2) is 13.2 Å². The standard InChI is InChI=1S/C16H12BrClFNO4/c17-13-7-10(18)1-6-14(13)23-9-16(22)24-8-15(21)20-12-4-2-11(19)3-5-12/h1-7H,8-9H2,(H,20,21). The highest BCUT2D eigenvalue weighted by molar-refractivity contribution is 9.10. The summed E-state index contributed by atoms with van der Waals surface area (Å²) in [5, 5.41) is 2.99. The van der Waals surface area contributed by atoms with Gasteiger partial charge >= 0.3 is 5.97 Å². The molecule has 126 valence electrons. The Morgan fingerprint density at radius 3 is 2.50 bits per heavy atom. The van der Waals surface area contributed by atoms with Gasteiger partial charge in [-0.15, -0.1) is 0 Å². The minimum atomic E-state index is -0.703. The van der Waals surface area contributed by atoms with Gasteiger partial charge in [-0.2, -0.15) is 0 Å². The van der Waals surface area contributed by atoms with Crippen LogP contribution >= 0.6 is 27.5 Å². The highest BCUT2D eigenvalue weighted by Crippen LogP contribution is 2.27. The van der Waals surface area contributed by atoms with Crippen molar-refractivity contribution in [3.8, 4) is 5.75 Å². The van der Waals surface area contributed by atoms with E-state index in [1.165, 1.54) is 24.3 Å². The van der Waals surface area contributed by atoms with E-state index < -0.39 is 24.3 Å². The first-order chi connectivity index (χ1) is 11.4. The average molecular weight is 417 g/mol. The normalized spacial score (nSPS) is 10.1. The number of ether oxygens (including phenoxy) is 2. The zero-order chi connectivity index (χ0) is 17.5. The Morgan fingerprint density at radius 1 is 1.12 bits per heavy atom. The van der Waals surface area contributed by atoms with E-state index in [9.17, 15) is 14.0 Å². The molecule has 0 saturated carbocycles. The lowest BCUT2D eigenvalue weighted by molar-refractivity contribution is -0.149. The lowest BCUT2D eigenvalue weighted by Gasteiger charge is -2.09. The molecule has 0 bridgehead atoms. The Labute approximate surface area is 150 Å². The first kappa shape index (κ1) is 18.2. The van der Waals surface area contributed by atoms with Crippen molar-refractivity contribution in [2.75, 3.05) is 18.5 Å². The van der Waals surface area contributed by atoms with E-state index in [0.717, 1.165) is 0 Å². The SMILES string of the molecule is O=C(COC(=O)COc1ccc(Cl)cc1Br)Nc1ccc(F)cc1. The fourth-order valence-corrected chi connectivity index (χ4v) is 2.44. The van der Waals surface area contributed by atoms with E-state index in [1.54, 1.807) is 18.2 Å². The lowest BCUT2D eigenvalue weighted by Crippen LogP contribution is -2.23. The maximum atomic E-state index is 12.7. The summed E-state index contributed by atoms with van der Waals surface area (Å²) in [7, 11) is 0. The highest BCUT2D eigenvalue weighted by atomic mass is 79.9. The second-order valence-corrected chi connectivity index (χ2v) is 5.87. The number of nitrogens with one attached hydrogen (secondary N) is 1. The van der Waals surface area contributed by atoms with Crippen molar-refractivity contribution >= 4 is 45.1 Å². The minimum absolute atomic E-state index is 0.357. The number of carbonyl (C=O) groups excluding carboxylic acids is 2. The van der Waals surface area contributed by atoms with Crippen LogP contribution in [-0.2, 0) is 14.3 Å². The third-order valence-electron chi connectivity index (χ3n) is 2.73. The monoisotopic (exact) mass is 415 g/mol. The molecular formula is C16H12BrClFNO4. The van der Waals surface area contributed by atoms with E-state index in [2.05, 4.69) is 21.2 Å². The van der Waals surface area contributed by atoms with Gasteiger partial charge in [0.25, 0.3) is 5.91 Å². The van der Waals surface area contributed by atoms with E-state index in [1.807, 2.05) is 0 Å². The Balaban J connectivity index is 1.74. The van der Waals surface area contributed by atoms with Gasteiger partial charge in [0, 0.05) is 10.7 Å². The van der Waals surface area contributed by atoms with Crippen LogP contribution in [0.1, 0.15) is 0 Å². The van der Waals surface area contributed by atoms with Crippen molar-refractivity contribution < 1.29 is 23.5 Å². The second-order valence-electron chi connectivity index (χ2n) is 4.58. The number of esters is 1. The summed E-state index contributed by atoms with van der Waals surface area (Å²) in [4.78, 5) is 23.2. The molecule has 2 aromatic carbocycles. The summed E-state index contributed by atoms with van der Waals surface area (Å²) in [5.74, 6) is -1.23. The van der Waals surface area contributed by atoms with E-state index >= 15 is 0 Å². The van der Waals surface area contributed by atoms with Crippen LogP contribution in [0.2, 0.25) is 5.02 Å². The van der Waals surface area contributed by atoms with E-state index in [0.29, 0.717) is 20.9 Å². The van der Waals surface area contributed by atoms with Gasteiger partial charge in [-0.1, -0.05) is 11.6 Å². The topological polar surface area (TPSA) is 64.6 Å². The zero-order valence-corrected chi connectivity index (χ0v) is 14.6. The molecule has 1 amide bonds. The molecule has 0 atom stereocenters. The minimum Gasteiger partial charge on any atom is -0.481 e. The van der Waals surface area contributed by atoms with Crippen LogP contribution < -0.4 is 10.1 Å². The van der Waals surface area contributed by atoms with Gasteiger partial charge in [-0.05, 0) is 58.4 Å². The molecule has 1 N–H and O–H groups in total. The van der Waals surface area contributed by atoms with Crippen molar-refractivity contribution in [1.82, 2.24) is 0 Å². The lowest BCUT2D eigenvalue weighted by atomic mass is 10.3. The smallest absolute Gasteiger partial charge is 0.344 e. The molecule has 0 aliphatic heterocycles. The zero-order valence-electron chi connectivity index (χ0n) is 12.2. The van der Waals surface area contributed by atoms with Crippen molar-refractivity contribution in [3.05, 3.63) is 57.8 Å². The summed E-state index contributed by atoms with van der Waals surface area (Å²) < 4.78 is 23.4. The predicted octanol–water partition coefficient (Wildman–Crippen LogP) is 3.80. The fraction of sp³-hybridized carbons (Fsp3) is 0.125. The second kappa shape index (κ2) is 8.65. The van der Waals surface area contributed by atoms with Crippen LogP contribution in [0, 0.1) is 5.82 Å². The van der Waals surface area contributed by atoms with Crippen molar-refractivity contribution in [2.45, 2.75) is 0 Å². The average Bonchev–Trinajstić information content (AvgIpc) is 2.54. The summed E-state index contributed by atoms with van der Waals surface area (Å²) in [5.41, 5.74) is 0.402. The number of hydrogen-bond acceptors (Lipinski definition) is 4. The molecule has 0 radical (unpaired) electrons. The molecule has 0 heterocycles. The molecule has 0 aromatic heterocycles. The molecule has 2 rings (SSSR count). The van der Waals surface area contributed by atoms with Gasteiger partial charge in [-0.25, -0.2) is 9.18 Å². The molecule has 0 fully saturated rings. The first-order valence-corrected chi connectivity index (χ1v) is 7.90. The third-order valence-corrected chi connectivity index (χ3v) is 3.59. The van der Waals surface area contributed by atoms with Crippen LogP contribution in [0.3, 0.4) is 0 Å². The van der Waals surface area contributed by atoms with Crippen LogP contribution in [0.5, 0.6) is 5.75 Å². The molecule has 8 heteroatoms. The number of rotatable bonds is 6.